The smallest absolute Gasteiger partial charge is 0.545 e. The fraction of sp³-hybridized carbons (Fsp3) is 0.364. The summed E-state index contributed by atoms with van der Waals surface area (Å²) in [5.74, 6) is -1.55. The minimum Gasteiger partial charge on any atom is -0.545 e. The molecule has 76 valence electrons. The summed E-state index contributed by atoms with van der Waals surface area (Å²) in [5, 5.41) is 20.3. The van der Waals surface area contributed by atoms with Crippen LogP contribution in [0.1, 0.15) is 36.7 Å². The molecule has 0 aliphatic heterocycles. The van der Waals surface area contributed by atoms with Crippen LogP contribution in [0.5, 0.6) is 5.75 Å². The van der Waals surface area contributed by atoms with Gasteiger partial charge in [-0.2, -0.15) is 0 Å². The Labute approximate surface area is 111 Å². The summed E-state index contributed by atoms with van der Waals surface area (Å²) >= 11 is 0. The summed E-state index contributed by atoms with van der Waals surface area (Å²) in [6.45, 7) is 5.71. The van der Waals surface area contributed by atoms with Gasteiger partial charge in [-0.3, -0.25) is 0 Å². The molecule has 0 radical (unpaired) electrons. The standard InChI is InChI=1S/C11H14O3.Na/c1-11(2,3)8-6-4-5-7(9(8)12)10(13)14;/h4-6,12H,1-3H3,(H,13,14);/q;+1/p-1. The third-order valence-corrected chi connectivity index (χ3v) is 2.06. The van der Waals surface area contributed by atoms with Gasteiger partial charge in [0, 0.05) is 5.56 Å². The topological polar surface area (TPSA) is 60.4 Å². The van der Waals surface area contributed by atoms with Crippen LogP contribution in [-0.4, -0.2) is 11.1 Å². The van der Waals surface area contributed by atoms with Crippen LogP contribution in [0.3, 0.4) is 0 Å². The van der Waals surface area contributed by atoms with E-state index in [-0.39, 0.29) is 46.3 Å². The number of carboxylic acid groups (broad SMARTS) is 1. The van der Waals surface area contributed by atoms with Crippen molar-refractivity contribution < 1.29 is 44.6 Å². The van der Waals surface area contributed by atoms with Crippen molar-refractivity contribution in [2.45, 2.75) is 26.2 Å². The second-order valence-electron chi connectivity index (χ2n) is 4.24. The molecular formula is C11H13NaO3. The zero-order valence-electron chi connectivity index (χ0n) is 9.50. The molecule has 0 unspecified atom stereocenters. The number of hydrogen-bond acceptors (Lipinski definition) is 3. The van der Waals surface area contributed by atoms with E-state index in [1.165, 1.54) is 6.07 Å². The summed E-state index contributed by atoms with van der Waals surface area (Å²) in [4.78, 5) is 10.6. The average Bonchev–Trinajstić information content (AvgIpc) is 2.01. The zero-order valence-corrected chi connectivity index (χ0v) is 11.5. The maximum atomic E-state index is 10.6. The normalized spacial score (nSPS) is 10.6. The Kier molecular flexibility index (Phi) is 4.84. The molecule has 0 atom stereocenters. The van der Waals surface area contributed by atoms with Crippen LogP contribution in [0.15, 0.2) is 18.2 Å². The second-order valence-corrected chi connectivity index (χ2v) is 4.24. The third-order valence-electron chi connectivity index (χ3n) is 2.06. The Morgan fingerprint density at radius 1 is 1.33 bits per heavy atom. The number of phenols is 1. The number of para-hydroxylation sites is 1. The number of hydrogen-bond donors (Lipinski definition) is 1. The Bertz CT molecular complexity index is 367. The molecule has 0 bridgehead atoms. The average molecular weight is 216 g/mol. The van der Waals surface area contributed by atoms with Gasteiger partial charge in [0.1, 0.15) is 5.75 Å². The molecule has 0 heterocycles. The first-order chi connectivity index (χ1) is 6.34. The Hall–Kier alpha value is -0.510. The summed E-state index contributed by atoms with van der Waals surface area (Å²) in [5.41, 5.74) is 0.173. The first kappa shape index (κ1) is 14.5. The van der Waals surface area contributed by atoms with Crippen LogP contribution in [-0.2, 0) is 5.41 Å². The SMILES string of the molecule is CC(C)(C)c1cccc(C(=O)[O-])c1O.[Na+]. The molecule has 1 aromatic carbocycles. The van der Waals surface area contributed by atoms with Gasteiger partial charge in [0.15, 0.2) is 0 Å². The zero-order chi connectivity index (χ0) is 10.9. The van der Waals surface area contributed by atoms with Gasteiger partial charge in [-0.05, 0) is 17.0 Å². The minimum absolute atomic E-state index is 0. The predicted octanol–water partition coefficient (Wildman–Crippen LogP) is -1.94. The van der Waals surface area contributed by atoms with Crippen molar-refractivity contribution in [1.82, 2.24) is 0 Å². The van der Waals surface area contributed by atoms with E-state index in [1.807, 2.05) is 20.8 Å². The van der Waals surface area contributed by atoms with E-state index < -0.39 is 5.97 Å². The number of benzene rings is 1. The number of carbonyl (C=O) groups is 1. The molecule has 0 saturated heterocycles. The van der Waals surface area contributed by atoms with E-state index >= 15 is 0 Å². The predicted molar refractivity (Wildman–Crippen MR) is 51.1 cm³/mol. The van der Waals surface area contributed by atoms with Gasteiger partial charge in [0.2, 0.25) is 0 Å². The van der Waals surface area contributed by atoms with Crippen molar-refractivity contribution in [1.29, 1.82) is 0 Å². The van der Waals surface area contributed by atoms with Crippen molar-refractivity contribution in [3.63, 3.8) is 0 Å². The fourth-order valence-electron chi connectivity index (χ4n) is 1.31. The fourth-order valence-corrected chi connectivity index (χ4v) is 1.31. The van der Waals surface area contributed by atoms with Crippen molar-refractivity contribution >= 4 is 5.97 Å². The Balaban J connectivity index is 0.00000196. The molecule has 1 aromatic rings. The van der Waals surface area contributed by atoms with Crippen molar-refractivity contribution in [3.8, 4) is 5.75 Å². The van der Waals surface area contributed by atoms with Gasteiger partial charge >= 0.3 is 29.6 Å². The first-order valence-corrected chi connectivity index (χ1v) is 4.38. The number of carboxylic acids is 1. The number of rotatable bonds is 1. The van der Waals surface area contributed by atoms with E-state index in [1.54, 1.807) is 12.1 Å². The monoisotopic (exact) mass is 216 g/mol. The van der Waals surface area contributed by atoms with E-state index in [0.29, 0.717) is 5.56 Å². The summed E-state index contributed by atoms with van der Waals surface area (Å²) in [6.07, 6.45) is 0. The first-order valence-electron chi connectivity index (χ1n) is 4.38. The van der Waals surface area contributed by atoms with Gasteiger partial charge in [0.05, 0.1) is 5.97 Å². The molecule has 1 N–H and O–H groups in total. The van der Waals surface area contributed by atoms with Crippen molar-refractivity contribution in [2.75, 3.05) is 0 Å². The van der Waals surface area contributed by atoms with E-state index in [2.05, 4.69) is 0 Å². The molecule has 4 heteroatoms. The maximum Gasteiger partial charge on any atom is 1.00 e. The van der Waals surface area contributed by atoms with Crippen LogP contribution in [0.4, 0.5) is 0 Å². The van der Waals surface area contributed by atoms with E-state index in [9.17, 15) is 15.0 Å². The molecule has 3 nitrogen and oxygen atoms in total. The Morgan fingerprint density at radius 3 is 2.27 bits per heavy atom. The molecule has 0 amide bonds. The minimum atomic E-state index is -1.35. The number of carbonyl (C=O) groups excluding carboxylic acids is 1. The summed E-state index contributed by atoms with van der Waals surface area (Å²) in [7, 11) is 0. The van der Waals surface area contributed by atoms with Gasteiger partial charge in [0.25, 0.3) is 0 Å². The van der Waals surface area contributed by atoms with Crippen molar-refractivity contribution in [3.05, 3.63) is 29.3 Å². The van der Waals surface area contributed by atoms with Gasteiger partial charge in [-0.15, -0.1) is 0 Å². The van der Waals surface area contributed by atoms with Gasteiger partial charge < -0.3 is 15.0 Å². The molecule has 0 spiro atoms. The molecule has 0 aliphatic rings. The Morgan fingerprint density at radius 2 is 1.87 bits per heavy atom. The molecule has 1 rings (SSSR count). The van der Waals surface area contributed by atoms with Crippen LogP contribution in [0, 0.1) is 0 Å². The quantitative estimate of drug-likeness (QED) is 0.555. The molecule has 0 aliphatic carbocycles. The van der Waals surface area contributed by atoms with E-state index in [0.717, 1.165) is 0 Å². The third kappa shape index (κ3) is 3.23. The molecule has 0 saturated carbocycles. The largest absolute Gasteiger partial charge is 1.00 e. The van der Waals surface area contributed by atoms with Gasteiger partial charge in [-0.1, -0.05) is 32.9 Å². The molecule has 15 heavy (non-hydrogen) atoms. The van der Waals surface area contributed by atoms with Crippen molar-refractivity contribution in [2.24, 2.45) is 0 Å². The molecule has 0 fully saturated rings. The van der Waals surface area contributed by atoms with Crippen LogP contribution < -0.4 is 34.7 Å². The van der Waals surface area contributed by atoms with Crippen LogP contribution in [0.2, 0.25) is 0 Å². The van der Waals surface area contributed by atoms with E-state index in [4.69, 9.17) is 0 Å². The summed E-state index contributed by atoms with van der Waals surface area (Å²) < 4.78 is 0. The molecular weight excluding hydrogens is 203 g/mol. The molecule has 0 aromatic heterocycles. The van der Waals surface area contributed by atoms with Gasteiger partial charge in [-0.25, -0.2) is 0 Å². The summed E-state index contributed by atoms with van der Waals surface area (Å²) in [6, 6.07) is 4.65. The number of aromatic carboxylic acids is 1. The van der Waals surface area contributed by atoms with Crippen LogP contribution in [0.25, 0.3) is 0 Å². The van der Waals surface area contributed by atoms with Crippen LogP contribution >= 0.6 is 0 Å². The maximum absolute atomic E-state index is 10.6. The second kappa shape index (κ2) is 5.01. The number of aromatic hydroxyl groups is 1.